The second-order valence-corrected chi connectivity index (χ2v) is 5.89. The lowest BCUT2D eigenvalue weighted by Crippen LogP contribution is -2.16. The number of anilines is 2. The van der Waals surface area contributed by atoms with Gasteiger partial charge in [-0.25, -0.2) is 9.97 Å². The van der Waals surface area contributed by atoms with Crippen LogP contribution in [0.3, 0.4) is 0 Å². The summed E-state index contributed by atoms with van der Waals surface area (Å²) in [6, 6.07) is 8.01. The molecule has 0 aliphatic heterocycles. The maximum atomic E-state index is 4.62. The van der Waals surface area contributed by atoms with Gasteiger partial charge in [-0.05, 0) is 30.5 Å². The second kappa shape index (κ2) is 6.64. The molecule has 23 heavy (non-hydrogen) atoms. The fraction of sp³-hybridized carbons (Fsp3) is 0.353. The van der Waals surface area contributed by atoms with Crippen LogP contribution < -0.4 is 10.6 Å². The summed E-state index contributed by atoms with van der Waals surface area (Å²) in [6.07, 6.45) is 3.59. The van der Waals surface area contributed by atoms with E-state index in [0.717, 1.165) is 36.1 Å². The average Bonchev–Trinajstić information content (AvgIpc) is 3.00. The first-order valence-electron chi connectivity index (χ1n) is 7.88. The summed E-state index contributed by atoms with van der Waals surface area (Å²) in [5.74, 6) is 2.24. The molecule has 120 valence electrons. The number of fused-ring (bicyclic) bond motifs is 1. The lowest BCUT2D eigenvalue weighted by molar-refractivity contribution is 0.808. The van der Waals surface area contributed by atoms with Gasteiger partial charge < -0.3 is 10.6 Å². The molecule has 3 heterocycles. The van der Waals surface area contributed by atoms with Gasteiger partial charge in [0.15, 0.2) is 5.65 Å². The molecule has 3 aromatic rings. The SMILES string of the molecule is Cc1ccnc(NCCNc2cc(C(C)C)nc3ccnn23)c1. The van der Waals surface area contributed by atoms with Gasteiger partial charge in [-0.1, -0.05) is 13.8 Å². The minimum atomic E-state index is 0.380. The van der Waals surface area contributed by atoms with E-state index >= 15 is 0 Å². The highest BCUT2D eigenvalue weighted by Crippen LogP contribution is 2.18. The topological polar surface area (TPSA) is 67.1 Å². The molecular weight excluding hydrogens is 288 g/mol. The third kappa shape index (κ3) is 3.59. The smallest absolute Gasteiger partial charge is 0.157 e. The molecule has 6 heteroatoms. The Morgan fingerprint density at radius 2 is 1.91 bits per heavy atom. The highest BCUT2D eigenvalue weighted by molar-refractivity contribution is 5.49. The van der Waals surface area contributed by atoms with Crippen LogP contribution in [0.2, 0.25) is 0 Å². The Kier molecular flexibility index (Phi) is 4.41. The molecule has 3 rings (SSSR count). The number of aryl methyl sites for hydroxylation is 1. The maximum absolute atomic E-state index is 4.62. The molecule has 2 N–H and O–H groups in total. The number of hydrogen-bond donors (Lipinski definition) is 2. The molecule has 0 aliphatic carbocycles. The van der Waals surface area contributed by atoms with Crippen LogP contribution in [0.4, 0.5) is 11.6 Å². The van der Waals surface area contributed by atoms with E-state index in [-0.39, 0.29) is 0 Å². The minimum Gasteiger partial charge on any atom is -0.368 e. The van der Waals surface area contributed by atoms with Crippen molar-refractivity contribution in [2.75, 3.05) is 23.7 Å². The van der Waals surface area contributed by atoms with Crippen LogP contribution in [0.15, 0.2) is 36.7 Å². The summed E-state index contributed by atoms with van der Waals surface area (Å²) < 4.78 is 1.83. The average molecular weight is 310 g/mol. The van der Waals surface area contributed by atoms with Gasteiger partial charge >= 0.3 is 0 Å². The Balaban J connectivity index is 1.66. The van der Waals surface area contributed by atoms with E-state index in [1.165, 1.54) is 5.56 Å². The first-order chi connectivity index (χ1) is 11.1. The van der Waals surface area contributed by atoms with Crippen LogP contribution in [-0.4, -0.2) is 32.7 Å². The van der Waals surface area contributed by atoms with Crippen molar-refractivity contribution in [1.82, 2.24) is 19.6 Å². The van der Waals surface area contributed by atoms with Crippen LogP contribution >= 0.6 is 0 Å². The highest BCUT2D eigenvalue weighted by atomic mass is 15.3. The van der Waals surface area contributed by atoms with Crippen molar-refractivity contribution in [2.24, 2.45) is 0 Å². The van der Waals surface area contributed by atoms with E-state index in [0.29, 0.717) is 5.92 Å². The Bertz CT molecular complexity index is 793. The molecular formula is C17H22N6. The van der Waals surface area contributed by atoms with Crippen LogP contribution in [-0.2, 0) is 0 Å². The van der Waals surface area contributed by atoms with Crippen molar-refractivity contribution in [3.8, 4) is 0 Å². The summed E-state index contributed by atoms with van der Waals surface area (Å²) in [6.45, 7) is 7.89. The Hall–Kier alpha value is -2.63. The standard InChI is InChI=1S/C17H22N6/c1-12(2)14-11-17(23-16(22-14)5-7-21-23)20-9-8-19-15-10-13(3)4-6-18-15/h4-7,10-12,20H,8-9H2,1-3H3,(H,18,19). The summed E-state index contributed by atoms with van der Waals surface area (Å²) >= 11 is 0. The number of nitrogens with zero attached hydrogens (tertiary/aromatic N) is 4. The zero-order valence-corrected chi connectivity index (χ0v) is 13.7. The number of pyridine rings is 1. The van der Waals surface area contributed by atoms with Gasteiger partial charge in [-0.3, -0.25) is 0 Å². The number of aromatic nitrogens is 4. The van der Waals surface area contributed by atoms with Gasteiger partial charge in [-0.15, -0.1) is 0 Å². The molecule has 0 radical (unpaired) electrons. The Morgan fingerprint density at radius 1 is 1.09 bits per heavy atom. The Labute approximate surface area is 136 Å². The van der Waals surface area contributed by atoms with E-state index in [1.54, 1.807) is 6.20 Å². The van der Waals surface area contributed by atoms with Crippen LogP contribution in [0, 0.1) is 6.92 Å². The highest BCUT2D eigenvalue weighted by Gasteiger charge is 2.08. The minimum absolute atomic E-state index is 0.380. The van der Waals surface area contributed by atoms with Gasteiger partial charge in [0.1, 0.15) is 11.6 Å². The molecule has 6 nitrogen and oxygen atoms in total. The largest absolute Gasteiger partial charge is 0.368 e. The zero-order valence-electron chi connectivity index (χ0n) is 13.7. The van der Waals surface area contributed by atoms with E-state index in [4.69, 9.17) is 0 Å². The summed E-state index contributed by atoms with van der Waals surface area (Å²) in [4.78, 5) is 8.91. The number of hydrogen-bond acceptors (Lipinski definition) is 5. The van der Waals surface area contributed by atoms with Crippen molar-refractivity contribution >= 4 is 17.3 Å². The van der Waals surface area contributed by atoms with Gasteiger partial charge in [0, 0.05) is 37.1 Å². The molecule has 0 atom stereocenters. The van der Waals surface area contributed by atoms with Crippen molar-refractivity contribution < 1.29 is 0 Å². The molecule has 0 aromatic carbocycles. The van der Waals surface area contributed by atoms with Gasteiger partial charge in [0.2, 0.25) is 0 Å². The lowest BCUT2D eigenvalue weighted by Gasteiger charge is -2.12. The summed E-state index contributed by atoms with van der Waals surface area (Å²) in [7, 11) is 0. The van der Waals surface area contributed by atoms with Crippen LogP contribution in [0.25, 0.3) is 5.65 Å². The predicted octanol–water partition coefficient (Wildman–Crippen LogP) is 3.08. The molecule has 0 spiro atoms. The summed E-state index contributed by atoms with van der Waals surface area (Å²) in [5.41, 5.74) is 3.13. The Morgan fingerprint density at radius 3 is 2.70 bits per heavy atom. The van der Waals surface area contributed by atoms with E-state index in [9.17, 15) is 0 Å². The molecule has 0 aliphatic rings. The third-order valence-electron chi connectivity index (χ3n) is 3.62. The van der Waals surface area contributed by atoms with Crippen molar-refractivity contribution in [1.29, 1.82) is 0 Å². The quantitative estimate of drug-likeness (QED) is 0.685. The molecule has 0 bridgehead atoms. The van der Waals surface area contributed by atoms with Crippen molar-refractivity contribution in [2.45, 2.75) is 26.7 Å². The second-order valence-electron chi connectivity index (χ2n) is 5.89. The molecule has 0 saturated carbocycles. The predicted molar refractivity (Wildman–Crippen MR) is 93.0 cm³/mol. The first kappa shape index (κ1) is 15.3. The molecule has 0 saturated heterocycles. The third-order valence-corrected chi connectivity index (χ3v) is 3.62. The molecule has 0 fully saturated rings. The van der Waals surface area contributed by atoms with E-state index < -0.39 is 0 Å². The van der Waals surface area contributed by atoms with Gasteiger partial charge in [0.05, 0.1) is 6.20 Å². The molecule has 3 aromatic heterocycles. The van der Waals surface area contributed by atoms with Crippen LogP contribution in [0.5, 0.6) is 0 Å². The van der Waals surface area contributed by atoms with Crippen LogP contribution in [0.1, 0.15) is 31.0 Å². The van der Waals surface area contributed by atoms with E-state index in [2.05, 4.69) is 52.5 Å². The number of rotatable bonds is 6. The van der Waals surface area contributed by atoms with Crippen molar-refractivity contribution in [3.63, 3.8) is 0 Å². The molecule has 0 amide bonds. The zero-order chi connectivity index (χ0) is 16.2. The fourth-order valence-corrected chi connectivity index (χ4v) is 2.37. The monoisotopic (exact) mass is 310 g/mol. The number of nitrogens with one attached hydrogen (secondary N) is 2. The van der Waals surface area contributed by atoms with Crippen molar-refractivity contribution in [3.05, 3.63) is 47.9 Å². The molecule has 0 unspecified atom stereocenters. The summed E-state index contributed by atoms with van der Waals surface area (Å²) in [5, 5.41) is 11.1. The van der Waals surface area contributed by atoms with Gasteiger partial charge in [-0.2, -0.15) is 9.61 Å². The lowest BCUT2D eigenvalue weighted by atomic mass is 10.1. The normalized spacial score (nSPS) is 11.1. The van der Waals surface area contributed by atoms with Gasteiger partial charge in [0.25, 0.3) is 0 Å². The maximum Gasteiger partial charge on any atom is 0.157 e. The first-order valence-corrected chi connectivity index (χ1v) is 7.88. The fourth-order valence-electron chi connectivity index (χ4n) is 2.37. The van der Waals surface area contributed by atoms with E-state index in [1.807, 2.05) is 28.9 Å².